The van der Waals surface area contributed by atoms with Crippen LogP contribution in [0.3, 0.4) is 0 Å². The highest BCUT2D eigenvalue weighted by Crippen LogP contribution is 2.19. The Bertz CT molecular complexity index is 556. The molecule has 0 unspecified atom stereocenters. The Morgan fingerprint density at radius 2 is 2.21 bits per heavy atom. The Morgan fingerprint density at radius 1 is 1.43 bits per heavy atom. The van der Waals surface area contributed by atoms with Crippen molar-refractivity contribution in [2.24, 2.45) is 0 Å². The summed E-state index contributed by atoms with van der Waals surface area (Å²) in [6.07, 6.45) is 1.22. The molecule has 0 radical (unpaired) electrons. The van der Waals surface area contributed by atoms with Crippen LogP contribution in [-0.4, -0.2) is 14.9 Å². The van der Waals surface area contributed by atoms with Crippen molar-refractivity contribution in [3.05, 3.63) is 45.0 Å². The van der Waals surface area contributed by atoms with E-state index in [2.05, 4.69) is 9.97 Å². The van der Waals surface area contributed by atoms with Crippen molar-refractivity contribution in [3.63, 3.8) is 0 Å². The zero-order chi connectivity index (χ0) is 10.1. The SMILES string of the molecule is O=c1[nH]cnc2cccc([N+](=O)[O-])c12. The van der Waals surface area contributed by atoms with Gasteiger partial charge in [-0.2, -0.15) is 0 Å². The zero-order valence-electron chi connectivity index (χ0n) is 6.93. The van der Waals surface area contributed by atoms with Gasteiger partial charge in [0.15, 0.2) is 0 Å². The van der Waals surface area contributed by atoms with Crippen LogP contribution in [0.1, 0.15) is 0 Å². The minimum atomic E-state index is -0.598. The van der Waals surface area contributed by atoms with Gasteiger partial charge < -0.3 is 4.98 Å². The minimum Gasteiger partial charge on any atom is -0.312 e. The van der Waals surface area contributed by atoms with Crippen LogP contribution in [0.2, 0.25) is 0 Å². The fourth-order valence-electron chi connectivity index (χ4n) is 1.25. The molecule has 0 saturated heterocycles. The molecule has 14 heavy (non-hydrogen) atoms. The molecule has 1 N–H and O–H groups in total. The van der Waals surface area contributed by atoms with Crippen LogP contribution in [0.5, 0.6) is 0 Å². The van der Waals surface area contributed by atoms with Gasteiger partial charge in [0.1, 0.15) is 5.39 Å². The van der Waals surface area contributed by atoms with Crippen LogP contribution in [0.25, 0.3) is 10.9 Å². The number of hydrogen-bond acceptors (Lipinski definition) is 4. The van der Waals surface area contributed by atoms with Crippen LogP contribution < -0.4 is 5.56 Å². The molecule has 0 saturated carbocycles. The van der Waals surface area contributed by atoms with Crippen LogP contribution in [0.4, 0.5) is 5.69 Å². The van der Waals surface area contributed by atoms with Gasteiger partial charge in [-0.1, -0.05) is 6.07 Å². The van der Waals surface area contributed by atoms with Gasteiger partial charge in [-0.25, -0.2) is 4.98 Å². The molecule has 6 nitrogen and oxygen atoms in total. The summed E-state index contributed by atoms with van der Waals surface area (Å²) >= 11 is 0. The van der Waals surface area contributed by atoms with E-state index in [1.807, 2.05) is 0 Å². The van der Waals surface area contributed by atoms with Crippen LogP contribution in [-0.2, 0) is 0 Å². The van der Waals surface area contributed by atoms with Crippen LogP contribution >= 0.6 is 0 Å². The molecule has 0 atom stereocenters. The van der Waals surface area contributed by atoms with Gasteiger partial charge in [0.05, 0.1) is 16.8 Å². The second kappa shape index (κ2) is 2.91. The molecule has 6 heteroatoms. The molecule has 0 fully saturated rings. The summed E-state index contributed by atoms with van der Waals surface area (Å²) in [6, 6.07) is 4.32. The predicted octanol–water partition coefficient (Wildman–Crippen LogP) is 0.831. The van der Waals surface area contributed by atoms with Gasteiger partial charge >= 0.3 is 0 Å². The number of aromatic nitrogens is 2. The van der Waals surface area contributed by atoms with Gasteiger partial charge in [0, 0.05) is 6.07 Å². The van der Waals surface area contributed by atoms with Crippen molar-refractivity contribution in [3.8, 4) is 0 Å². The fraction of sp³-hybridized carbons (Fsp3) is 0. The average Bonchev–Trinajstić information content (AvgIpc) is 2.17. The molecule has 0 spiro atoms. The standard InChI is InChI=1S/C8H5N3O3/c12-8-7-5(9-4-10-8)2-1-3-6(7)11(13)14/h1-4H,(H,9,10,12). The molecule has 1 aromatic heterocycles. The number of H-pyrrole nitrogens is 1. The van der Waals surface area contributed by atoms with E-state index in [1.54, 1.807) is 6.07 Å². The lowest BCUT2D eigenvalue weighted by Crippen LogP contribution is -2.08. The summed E-state index contributed by atoms with van der Waals surface area (Å²) in [5.74, 6) is 0. The molecule has 0 bridgehead atoms. The lowest BCUT2D eigenvalue weighted by molar-refractivity contribution is -0.383. The van der Waals surface area contributed by atoms with E-state index < -0.39 is 10.5 Å². The zero-order valence-corrected chi connectivity index (χ0v) is 6.93. The first kappa shape index (κ1) is 8.36. The summed E-state index contributed by atoms with van der Waals surface area (Å²) in [6.45, 7) is 0. The Hall–Kier alpha value is -2.24. The lowest BCUT2D eigenvalue weighted by Gasteiger charge is -1.95. The number of non-ortho nitro benzene ring substituents is 1. The minimum absolute atomic E-state index is 0.0139. The first-order valence-corrected chi connectivity index (χ1v) is 3.81. The monoisotopic (exact) mass is 191 g/mol. The Kier molecular flexibility index (Phi) is 1.74. The molecular formula is C8H5N3O3. The highest BCUT2D eigenvalue weighted by Gasteiger charge is 2.14. The van der Waals surface area contributed by atoms with Gasteiger partial charge in [0.25, 0.3) is 11.2 Å². The molecule has 1 aromatic carbocycles. The summed E-state index contributed by atoms with van der Waals surface area (Å²) in [5.41, 5.74) is -0.401. The van der Waals surface area contributed by atoms with Crippen molar-refractivity contribution in [2.75, 3.05) is 0 Å². The van der Waals surface area contributed by atoms with E-state index in [0.29, 0.717) is 5.52 Å². The Balaban J connectivity index is 2.99. The number of hydrogen-bond donors (Lipinski definition) is 1. The van der Waals surface area contributed by atoms with Crippen LogP contribution in [0.15, 0.2) is 29.3 Å². The number of fused-ring (bicyclic) bond motifs is 1. The number of nitro benzene ring substituents is 1. The number of nitro groups is 1. The number of nitrogens with one attached hydrogen (secondary N) is 1. The Morgan fingerprint density at radius 3 is 2.93 bits per heavy atom. The van der Waals surface area contributed by atoms with Gasteiger partial charge in [-0.15, -0.1) is 0 Å². The van der Waals surface area contributed by atoms with E-state index in [9.17, 15) is 14.9 Å². The van der Waals surface area contributed by atoms with E-state index in [0.717, 1.165) is 0 Å². The largest absolute Gasteiger partial charge is 0.312 e. The van der Waals surface area contributed by atoms with Crippen molar-refractivity contribution in [2.45, 2.75) is 0 Å². The maximum atomic E-state index is 11.3. The van der Waals surface area contributed by atoms with Crippen molar-refractivity contribution >= 4 is 16.6 Å². The molecule has 0 aliphatic rings. The van der Waals surface area contributed by atoms with Crippen LogP contribution in [0, 0.1) is 10.1 Å². The van der Waals surface area contributed by atoms with Gasteiger partial charge in [0.2, 0.25) is 0 Å². The highest BCUT2D eigenvalue weighted by molar-refractivity contribution is 5.86. The number of benzene rings is 1. The smallest absolute Gasteiger partial charge is 0.284 e. The van der Waals surface area contributed by atoms with Crippen molar-refractivity contribution in [1.82, 2.24) is 9.97 Å². The molecule has 0 aliphatic carbocycles. The molecular weight excluding hydrogens is 186 g/mol. The second-order valence-electron chi connectivity index (χ2n) is 2.66. The van der Waals surface area contributed by atoms with E-state index in [1.165, 1.54) is 18.5 Å². The lowest BCUT2D eigenvalue weighted by atomic mass is 10.2. The molecule has 70 valence electrons. The predicted molar refractivity (Wildman–Crippen MR) is 49.0 cm³/mol. The molecule has 1 heterocycles. The maximum Gasteiger partial charge on any atom is 0.284 e. The molecule has 0 amide bonds. The Labute approximate surface area is 77.4 Å². The summed E-state index contributed by atoms with van der Waals surface area (Å²) in [7, 11) is 0. The third-order valence-electron chi connectivity index (χ3n) is 1.84. The van der Waals surface area contributed by atoms with Gasteiger partial charge in [-0.3, -0.25) is 14.9 Å². The van der Waals surface area contributed by atoms with Crippen molar-refractivity contribution < 1.29 is 4.92 Å². The summed E-state index contributed by atoms with van der Waals surface area (Å²) in [5, 5.41) is 10.6. The average molecular weight is 191 g/mol. The quantitative estimate of drug-likeness (QED) is 0.534. The molecule has 2 aromatic rings. The highest BCUT2D eigenvalue weighted by atomic mass is 16.6. The first-order chi connectivity index (χ1) is 6.70. The van der Waals surface area contributed by atoms with Gasteiger partial charge in [-0.05, 0) is 6.07 Å². The third kappa shape index (κ3) is 1.13. The third-order valence-corrected chi connectivity index (χ3v) is 1.84. The maximum absolute atomic E-state index is 11.3. The van der Waals surface area contributed by atoms with E-state index in [4.69, 9.17) is 0 Å². The molecule has 0 aliphatic heterocycles. The van der Waals surface area contributed by atoms with Crippen molar-refractivity contribution in [1.29, 1.82) is 0 Å². The molecule has 2 rings (SSSR count). The fourth-order valence-corrected chi connectivity index (χ4v) is 1.25. The summed E-state index contributed by atoms with van der Waals surface area (Å²) in [4.78, 5) is 27.4. The second-order valence-corrected chi connectivity index (χ2v) is 2.66. The number of aromatic amines is 1. The van der Waals surface area contributed by atoms with E-state index >= 15 is 0 Å². The number of rotatable bonds is 1. The normalized spacial score (nSPS) is 10.3. The summed E-state index contributed by atoms with van der Waals surface area (Å²) < 4.78 is 0. The first-order valence-electron chi connectivity index (χ1n) is 3.81. The topological polar surface area (TPSA) is 88.9 Å². The number of nitrogens with zero attached hydrogens (tertiary/aromatic N) is 2. The van der Waals surface area contributed by atoms with E-state index in [-0.39, 0.29) is 11.1 Å².